The summed E-state index contributed by atoms with van der Waals surface area (Å²) in [6.45, 7) is 4.91. The van der Waals surface area contributed by atoms with Crippen molar-refractivity contribution < 1.29 is 13.2 Å². The largest absolute Gasteiger partial charge is 0.441 e. The molecule has 1 aliphatic rings. The highest BCUT2D eigenvalue weighted by Crippen LogP contribution is 2.33. The molecule has 1 fully saturated rings. The maximum absolute atomic E-state index is 13.6. The number of likely N-dealkylation sites (tertiary alicyclic amines) is 1. The number of piperidine rings is 1. The first-order valence-electron chi connectivity index (χ1n) is 8.81. The second-order valence-electron chi connectivity index (χ2n) is 6.14. The number of rotatable bonds is 3. The molecular formula is C18H21ClF2N4OS. The van der Waals surface area contributed by atoms with E-state index in [0.717, 1.165) is 10.3 Å². The van der Waals surface area contributed by atoms with Crippen molar-refractivity contribution in [3.63, 3.8) is 0 Å². The van der Waals surface area contributed by atoms with Gasteiger partial charge in [0.25, 0.3) is 5.92 Å². The molecule has 3 aromatic rings. The van der Waals surface area contributed by atoms with Crippen molar-refractivity contribution in [2.45, 2.75) is 39.2 Å². The monoisotopic (exact) mass is 414 g/mol. The predicted octanol–water partition coefficient (Wildman–Crippen LogP) is 5.44. The number of anilines is 1. The number of halogens is 3. The summed E-state index contributed by atoms with van der Waals surface area (Å²) in [5.41, 5.74) is 6.04. The Hall–Kier alpha value is -1.77. The number of aromatic nitrogens is 2. The average molecular weight is 415 g/mol. The number of alkyl halides is 2. The number of nitrogens with zero attached hydrogens (tertiary/aromatic N) is 3. The minimum atomic E-state index is -2.61. The molecule has 9 heteroatoms. The minimum absolute atomic E-state index is 0.0383. The van der Waals surface area contributed by atoms with E-state index in [2.05, 4.69) is 9.97 Å². The quantitative estimate of drug-likeness (QED) is 0.617. The Morgan fingerprint density at radius 1 is 1.33 bits per heavy atom. The van der Waals surface area contributed by atoms with E-state index in [1.165, 1.54) is 11.3 Å². The summed E-state index contributed by atoms with van der Waals surface area (Å²) >= 11 is 7.21. The first kappa shape index (κ1) is 20.0. The van der Waals surface area contributed by atoms with Crippen molar-refractivity contribution in [3.8, 4) is 11.6 Å². The fourth-order valence-electron chi connectivity index (χ4n) is 3.02. The number of fused-ring (bicyclic) bond motifs is 1. The second kappa shape index (κ2) is 8.08. The Morgan fingerprint density at radius 3 is 2.78 bits per heavy atom. The summed E-state index contributed by atoms with van der Waals surface area (Å²) in [5.74, 6) is -1.49. The maximum atomic E-state index is 13.6. The van der Waals surface area contributed by atoms with Gasteiger partial charge in [0.2, 0.25) is 0 Å². The highest BCUT2D eigenvalue weighted by molar-refractivity contribution is 7.18. The Kier molecular flexibility index (Phi) is 5.98. The standard InChI is InChI=1S/C16H15ClF2N4OS.C2H6/c17-12-3-2-11(24-12)14-21-13(20)10-6-9(25-15(10)22-14)7-23-5-1-4-16(18,19)8-23;1-2/h2-3,6H,1,4-5,7-8H2,(H2,20,21,22);1-2H3. The predicted molar refractivity (Wildman–Crippen MR) is 105 cm³/mol. The molecule has 146 valence electrons. The fraction of sp³-hybridized carbons (Fsp3) is 0.444. The number of furan rings is 1. The van der Waals surface area contributed by atoms with Gasteiger partial charge in [-0.1, -0.05) is 13.8 Å². The number of hydrogen-bond donors (Lipinski definition) is 1. The maximum Gasteiger partial charge on any atom is 0.260 e. The lowest BCUT2D eigenvalue weighted by Gasteiger charge is -2.31. The number of nitrogen functional groups attached to an aromatic ring is 1. The van der Waals surface area contributed by atoms with Crippen LogP contribution in [-0.2, 0) is 6.54 Å². The molecule has 0 aliphatic carbocycles. The molecule has 4 rings (SSSR count). The molecule has 0 bridgehead atoms. The van der Waals surface area contributed by atoms with E-state index < -0.39 is 5.92 Å². The molecule has 5 nitrogen and oxygen atoms in total. The molecule has 0 atom stereocenters. The first-order valence-corrected chi connectivity index (χ1v) is 10.0. The molecular weight excluding hydrogens is 394 g/mol. The third-order valence-electron chi connectivity index (χ3n) is 4.12. The van der Waals surface area contributed by atoms with Crippen LogP contribution in [0.2, 0.25) is 5.22 Å². The van der Waals surface area contributed by atoms with Gasteiger partial charge in [-0.2, -0.15) is 0 Å². The molecule has 3 aromatic heterocycles. The van der Waals surface area contributed by atoms with Gasteiger partial charge in [0.05, 0.1) is 11.9 Å². The van der Waals surface area contributed by atoms with Crippen LogP contribution in [0.5, 0.6) is 0 Å². The molecule has 27 heavy (non-hydrogen) atoms. The number of nitrogens with two attached hydrogens (primary N) is 1. The van der Waals surface area contributed by atoms with Gasteiger partial charge in [-0.3, -0.25) is 4.90 Å². The van der Waals surface area contributed by atoms with Crippen molar-refractivity contribution >= 4 is 39.0 Å². The minimum Gasteiger partial charge on any atom is -0.441 e. The van der Waals surface area contributed by atoms with E-state index in [1.807, 2.05) is 19.9 Å². The topological polar surface area (TPSA) is 68.2 Å². The van der Waals surface area contributed by atoms with E-state index in [0.29, 0.717) is 41.7 Å². The van der Waals surface area contributed by atoms with Crippen LogP contribution in [-0.4, -0.2) is 33.9 Å². The summed E-state index contributed by atoms with van der Waals surface area (Å²) in [4.78, 5) is 12.1. The zero-order valence-electron chi connectivity index (χ0n) is 15.1. The van der Waals surface area contributed by atoms with Gasteiger partial charge in [0, 0.05) is 17.8 Å². The summed E-state index contributed by atoms with van der Waals surface area (Å²) in [7, 11) is 0. The van der Waals surface area contributed by atoms with Gasteiger partial charge in [0.1, 0.15) is 10.6 Å². The van der Waals surface area contributed by atoms with Crippen LogP contribution in [0.1, 0.15) is 31.6 Å². The molecule has 0 amide bonds. The normalized spacial score (nSPS) is 16.9. The van der Waals surface area contributed by atoms with Gasteiger partial charge < -0.3 is 10.2 Å². The van der Waals surface area contributed by atoms with Crippen LogP contribution in [0, 0.1) is 0 Å². The van der Waals surface area contributed by atoms with E-state index in [4.69, 9.17) is 21.8 Å². The SMILES string of the molecule is CC.Nc1nc(-c2ccc(Cl)o2)nc2sc(CN3CCCC(F)(F)C3)cc12. The zero-order chi connectivity index (χ0) is 19.6. The smallest absolute Gasteiger partial charge is 0.260 e. The van der Waals surface area contributed by atoms with Gasteiger partial charge in [-0.05, 0) is 42.8 Å². The molecule has 2 N–H and O–H groups in total. The van der Waals surface area contributed by atoms with Gasteiger partial charge >= 0.3 is 0 Å². The third-order valence-corrected chi connectivity index (χ3v) is 5.33. The van der Waals surface area contributed by atoms with Crippen molar-refractivity contribution in [2.24, 2.45) is 0 Å². The molecule has 0 aromatic carbocycles. The molecule has 1 aliphatic heterocycles. The Bertz CT molecular complexity index is 927. The third kappa shape index (κ3) is 4.56. The second-order valence-corrected chi connectivity index (χ2v) is 7.63. The van der Waals surface area contributed by atoms with Crippen LogP contribution >= 0.6 is 22.9 Å². The zero-order valence-corrected chi connectivity index (χ0v) is 16.7. The van der Waals surface area contributed by atoms with Crippen molar-refractivity contribution in [2.75, 3.05) is 18.8 Å². The van der Waals surface area contributed by atoms with Crippen LogP contribution in [0.3, 0.4) is 0 Å². The average Bonchev–Trinajstić information content (AvgIpc) is 3.22. The van der Waals surface area contributed by atoms with Crippen molar-refractivity contribution in [1.82, 2.24) is 14.9 Å². The fourth-order valence-corrected chi connectivity index (χ4v) is 4.24. The Labute approximate surface area is 165 Å². The summed E-state index contributed by atoms with van der Waals surface area (Å²) in [6.07, 6.45) is 0.465. The van der Waals surface area contributed by atoms with Crippen LogP contribution in [0.15, 0.2) is 22.6 Å². The molecule has 0 spiro atoms. The Morgan fingerprint density at radius 2 is 2.11 bits per heavy atom. The van der Waals surface area contributed by atoms with E-state index >= 15 is 0 Å². The van der Waals surface area contributed by atoms with E-state index in [1.54, 1.807) is 17.0 Å². The highest BCUT2D eigenvalue weighted by Gasteiger charge is 2.35. The lowest BCUT2D eigenvalue weighted by atomic mass is 10.1. The lowest BCUT2D eigenvalue weighted by molar-refractivity contribution is -0.0658. The lowest BCUT2D eigenvalue weighted by Crippen LogP contribution is -2.41. The van der Waals surface area contributed by atoms with Gasteiger partial charge in [-0.15, -0.1) is 11.3 Å². The number of hydrogen-bond acceptors (Lipinski definition) is 6. The number of thiophene rings is 1. The molecule has 4 heterocycles. The molecule has 0 saturated carbocycles. The molecule has 0 radical (unpaired) electrons. The first-order chi connectivity index (χ1) is 12.9. The van der Waals surface area contributed by atoms with Gasteiger partial charge in [0.15, 0.2) is 16.8 Å². The van der Waals surface area contributed by atoms with E-state index in [-0.39, 0.29) is 18.2 Å². The van der Waals surface area contributed by atoms with Crippen molar-refractivity contribution in [3.05, 3.63) is 28.3 Å². The highest BCUT2D eigenvalue weighted by atomic mass is 35.5. The van der Waals surface area contributed by atoms with E-state index in [9.17, 15) is 8.78 Å². The van der Waals surface area contributed by atoms with Crippen LogP contribution < -0.4 is 5.73 Å². The van der Waals surface area contributed by atoms with Crippen molar-refractivity contribution in [1.29, 1.82) is 0 Å². The summed E-state index contributed by atoms with van der Waals surface area (Å²) in [6, 6.07) is 5.16. The molecule has 0 unspecified atom stereocenters. The molecule has 1 saturated heterocycles. The van der Waals surface area contributed by atoms with Gasteiger partial charge in [-0.25, -0.2) is 18.7 Å². The summed E-state index contributed by atoms with van der Waals surface area (Å²) in [5, 5.41) is 0.973. The van der Waals surface area contributed by atoms with Crippen LogP contribution in [0.4, 0.5) is 14.6 Å². The van der Waals surface area contributed by atoms with Crippen LogP contribution in [0.25, 0.3) is 21.8 Å². The summed E-state index contributed by atoms with van der Waals surface area (Å²) < 4.78 is 32.5. The Balaban J connectivity index is 0.00000102.